The number of benzene rings is 1. The summed E-state index contributed by atoms with van der Waals surface area (Å²) >= 11 is 0. The molecule has 0 saturated carbocycles. The molecule has 0 aliphatic rings. The Bertz CT molecular complexity index is 656. The molecular formula is C16H22N2O3. The van der Waals surface area contributed by atoms with E-state index in [1.165, 1.54) is 0 Å². The highest BCUT2D eigenvalue weighted by Gasteiger charge is 2.10. The van der Waals surface area contributed by atoms with Crippen molar-refractivity contribution in [2.75, 3.05) is 7.11 Å². The zero-order chi connectivity index (χ0) is 15.4. The molecule has 1 atom stereocenters. The molecule has 0 aliphatic carbocycles. The molecule has 1 heterocycles. The van der Waals surface area contributed by atoms with Crippen molar-refractivity contribution in [3.05, 3.63) is 52.2 Å². The van der Waals surface area contributed by atoms with Gasteiger partial charge in [0.2, 0.25) is 0 Å². The van der Waals surface area contributed by atoms with Gasteiger partial charge in [0.05, 0.1) is 19.8 Å². The van der Waals surface area contributed by atoms with E-state index in [1.807, 2.05) is 25.1 Å². The molecule has 0 aliphatic heterocycles. The van der Waals surface area contributed by atoms with E-state index in [0.29, 0.717) is 6.54 Å². The first-order valence-corrected chi connectivity index (χ1v) is 7.17. The second kappa shape index (κ2) is 6.63. The van der Waals surface area contributed by atoms with Crippen LogP contribution < -0.4 is 10.4 Å². The lowest BCUT2D eigenvalue weighted by molar-refractivity contribution is 0.199. The van der Waals surface area contributed by atoms with Gasteiger partial charge in [-0.15, -0.1) is 0 Å². The van der Waals surface area contributed by atoms with Crippen LogP contribution in [0.5, 0.6) is 5.75 Å². The lowest BCUT2D eigenvalue weighted by Gasteiger charge is -2.12. The van der Waals surface area contributed by atoms with Gasteiger partial charge in [0, 0.05) is 24.5 Å². The molecule has 2 aromatic rings. The Morgan fingerprint density at radius 1 is 1.29 bits per heavy atom. The van der Waals surface area contributed by atoms with Gasteiger partial charge in [0.1, 0.15) is 5.75 Å². The molecule has 0 amide bonds. The van der Waals surface area contributed by atoms with E-state index >= 15 is 0 Å². The average molecular weight is 290 g/mol. The second-order valence-corrected chi connectivity index (χ2v) is 5.15. The van der Waals surface area contributed by atoms with Gasteiger partial charge >= 0.3 is 5.69 Å². The maximum atomic E-state index is 12.2. The molecule has 1 aromatic heterocycles. The van der Waals surface area contributed by atoms with Crippen LogP contribution in [0.3, 0.4) is 0 Å². The normalized spacial score (nSPS) is 12.4. The maximum absolute atomic E-state index is 12.2. The number of aliphatic hydroxyl groups is 1. The summed E-state index contributed by atoms with van der Waals surface area (Å²) in [5.41, 5.74) is 1.67. The number of aryl methyl sites for hydroxylation is 1. The topological polar surface area (TPSA) is 56.4 Å². The number of aliphatic hydroxyl groups excluding tert-OH is 1. The Morgan fingerprint density at radius 2 is 2.00 bits per heavy atom. The molecule has 5 heteroatoms. The minimum absolute atomic E-state index is 0.0265. The van der Waals surface area contributed by atoms with Gasteiger partial charge in [-0.3, -0.25) is 9.13 Å². The maximum Gasteiger partial charge on any atom is 0.328 e. The summed E-state index contributed by atoms with van der Waals surface area (Å²) in [6.45, 7) is 4.91. The van der Waals surface area contributed by atoms with Crippen molar-refractivity contribution < 1.29 is 9.84 Å². The number of aromatic nitrogens is 2. The third kappa shape index (κ3) is 3.36. The average Bonchev–Trinajstić information content (AvgIpc) is 2.80. The molecule has 0 saturated heterocycles. The molecule has 21 heavy (non-hydrogen) atoms. The molecular weight excluding hydrogens is 268 g/mol. The summed E-state index contributed by atoms with van der Waals surface area (Å²) in [6.07, 6.45) is 3.96. The van der Waals surface area contributed by atoms with E-state index in [4.69, 9.17) is 4.74 Å². The van der Waals surface area contributed by atoms with E-state index in [1.54, 1.807) is 35.6 Å². The van der Waals surface area contributed by atoms with Crippen molar-refractivity contribution in [2.45, 2.75) is 39.5 Å². The fraction of sp³-hybridized carbons (Fsp3) is 0.438. The first-order valence-electron chi connectivity index (χ1n) is 7.17. The molecule has 1 unspecified atom stereocenters. The summed E-state index contributed by atoms with van der Waals surface area (Å²) in [5.74, 6) is 0.717. The Hall–Kier alpha value is -2.01. The standard InChI is InChI=1S/C16H22N2O3/c1-4-7-17-8-9-18(16(17)20)11-14-10-13(12(2)19)5-6-15(14)21-3/h5-6,8-10,12,19H,4,7,11H2,1-3H3. The van der Waals surface area contributed by atoms with E-state index in [9.17, 15) is 9.90 Å². The van der Waals surface area contributed by atoms with Gasteiger partial charge in [-0.1, -0.05) is 13.0 Å². The highest BCUT2D eigenvalue weighted by Crippen LogP contribution is 2.23. The minimum Gasteiger partial charge on any atom is -0.496 e. The number of imidazole rings is 1. The van der Waals surface area contributed by atoms with Gasteiger partial charge in [0.15, 0.2) is 0 Å². The lowest BCUT2D eigenvalue weighted by Crippen LogP contribution is -2.24. The molecule has 0 fully saturated rings. The van der Waals surface area contributed by atoms with Crippen molar-refractivity contribution in [2.24, 2.45) is 0 Å². The van der Waals surface area contributed by atoms with E-state index in [-0.39, 0.29) is 5.69 Å². The van der Waals surface area contributed by atoms with Crippen LogP contribution in [0.4, 0.5) is 0 Å². The summed E-state index contributed by atoms with van der Waals surface area (Å²) in [4.78, 5) is 12.2. The summed E-state index contributed by atoms with van der Waals surface area (Å²) in [6, 6.07) is 5.54. The van der Waals surface area contributed by atoms with Gasteiger partial charge in [0.25, 0.3) is 0 Å². The SMILES string of the molecule is CCCn1ccn(Cc2cc(C(C)O)ccc2OC)c1=O. The molecule has 0 bridgehead atoms. The summed E-state index contributed by atoms with van der Waals surface area (Å²) in [7, 11) is 1.60. The van der Waals surface area contributed by atoms with Gasteiger partial charge in [-0.25, -0.2) is 4.79 Å². The highest BCUT2D eigenvalue weighted by atomic mass is 16.5. The van der Waals surface area contributed by atoms with Crippen LogP contribution in [0, 0.1) is 0 Å². The Kier molecular flexibility index (Phi) is 4.85. The minimum atomic E-state index is -0.545. The first-order chi connectivity index (χ1) is 10.1. The summed E-state index contributed by atoms with van der Waals surface area (Å²) < 4.78 is 8.69. The molecule has 1 aromatic carbocycles. The lowest BCUT2D eigenvalue weighted by atomic mass is 10.1. The monoisotopic (exact) mass is 290 g/mol. The third-order valence-corrected chi connectivity index (χ3v) is 3.51. The van der Waals surface area contributed by atoms with Crippen molar-refractivity contribution in [1.82, 2.24) is 9.13 Å². The largest absolute Gasteiger partial charge is 0.496 e. The van der Waals surface area contributed by atoms with Crippen molar-refractivity contribution in [3.63, 3.8) is 0 Å². The van der Waals surface area contributed by atoms with Gasteiger partial charge in [-0.2, -0.15) is 0 Å². The predicted molar refractivity (Wildman–Crippen MR) is 81.7 cm³/mol. The second-order valence-electron chi connectivity index (χ2n) is 5.15. The fourth-order valence-electron chi connectivity index (χ4n) is 2.35. The Balaban J connectivity index is 2.34. The van der Waals surface area contributed by atoms with Crippen LogP contribution >= 0.6 is 0 Å². The van der Waals surface area contributed by atoms with Gasteiger partial charge in [-0.05, 0) is 31.0 Å². The molecule has 0 radical (unpaired) electrons. The zero-order valence-electron chi connectivity index (χ0n) is 12.7. The van der Waals surface area contributed by atoms with E-state index in [2.05, 4.69) is 0 Å². The molecule has 2 rings (SSSR count). The Morgan fingerprint density at radius 3 is 2.62 bits per heavy atom. The Labute approximate surface area is 124 Å². The predicted octanol–water partition coefficient (Wildman–Crippen LogP) is 2.17. The van der Waals surface area contributed by atoms with Crippen LogP contribution in [0.15, 0.2) is 35.4 Å². The number of ether oxygens (including phenoxy) is 1. The quantitative estimate of drug-likeness (QED) is 0.887. The molecule has 5 nitrogen and oxygen atoms in total. The number of hydrogen-bond donors (Lipinski definition) is 1. The highest BCUT2D eigenvalue weighted by molar-refractivity contribution is 5.38. The fourth-order valence-corrected chi connectivity index (χ4v) is 2.35. The molecule has 1 N–H and O–H groups in total. The van der Waals surface area contributed by atoms with Crippen LogP contribution in [-0.2, 0) is 13.1 Å². The number of nitrogens with zero attached hydrogens (tertiary/aromatic N) is 2. The molecule has 114 valence electrons. The van der Waals surface area contributed by atoms with E-state index in [0.717, 1.165) is 29.8 Å². The van der Waals surface area contributed by atoms with Crippen LogP contribution in [0.2, 0.25) is 0 Å². The van der Waals surface area contributed by atoms with Crippen LogP contribution in [-0.4, -0.2) is 21.4 Å². The molecule has 0 spiro atoms. The number of rotatable bonds is 6. The van der Waals surface area contributed by atoms with Crippen molar-refractivity contribution >= 4 is 0 Å². The number of hydrogen-bond acceptors (Lipinski definition) is 3. The smallest absolute Gasteiger partial charge is 0.328 e. The van der Waals surface area contributed by atoms with Crippen molar-refractivity contribution in [1.29, 1.82) is 0 Å². The van der Waals surface area contributed by atoms with Crippen LogP contribution in [0.25, 0.3) is 0 Å². The zero-order valence-corrected chi connectivity index (χ0v) is 12.7. The number of methoxy groups -OCH3 is 1. The summed E-state index contributed by atoms with van der Waals surface area (Å²) in [5, 5.41) is 9.69. The third-order valence-electron chi connectivity index (χ3n) is 3.51. The van der Waals surface area contributed by atoms with Gasteiger partial charge < -0.3 is 9.84 Å². The first kappa shape index (κ1) is 15.4. The van der Waals surface area contributed by atoms with Crippen molar-refractivity contribution in [3.8, 4) is 5.75 Å². The van der Waals surface area contributed by atoms with E-state index < -0.39 is 6.10 Å². The van der Waals surface area contributed by atoms with Crippen LogP contribution in [0.1, 0.15) is 37.5 Å².